The van der Waals surface area contributed by atoms with Crippen molar-refractivity contribution in [3.8, 4) is 5.75 Å². The highest BCUT2D eigenvalue weighted by Crippen LogP contribution is 2.13. The van der Waals surface area contributed by atoms with E-state index in [1.807, 2.05) is 24.3 Å². The Morgan fingerprint density at radius 2 is 1.96 bits per heavy atom. The molecule has 0 saturated carbocycles. The largest absolute Gasteiger partial charge is 0.492 e. The van der Waals surface area contributed by atoms with Crippen LogP contribution in [0.25, 0.3) is 6.08 Å². The van der Waals surface area contributed by atoms with E-state index in [9.17, 15) is 9.18 Å². The number of hydrogen-bond acceptors (Lipinski definition) is 4. The molecule has 6 heteroatoms. The molecule has 5 nitrogen and oxygen atoms in total. The molecule has 148 valence electrons. The van der Waals surface area contributed by atoms with Crippen molar-refractivity contribution in [2.45, 2.75) is 6.54 Å². The molecule has 1 N–H and O–H groups in total. The normalized spacial score (nSPS) is 14.9. The van der Waals surface area contributed by atoms with Crippen molar-refractivity contribution in [3.63, 3.8) is 0 Å². The molecular formula is C22H25FN2O3. The lowest BCUT2D eigenvalue weighted by atomic mass is 10.2. The van der Waals surface area contributed by atoms with Gasteiger partial charge in [-0.05, 0) is 41.5 Å². The first-order chi connectivity index (χ1) is 13.7. The molecule has 3 rings (SSSR count). The Bertz CT molecular complexity index is 787. The summed E-state index contributed by atoms with van der Waals surface area (Å²) < 4.78 is 24.0. The second-order valence-electron chi connectivity index (χ2n) is 6.55. The van der Waals surface area contributed by atoms with Crippen LogP contribution in [-0.2, 0) is 16.1 Å². The molecule has 1 saturated heterocycles. The van der Waals surface area contributed by atoms with Crippen molar-refractivity contribution in [3.05, 3.63) is 71.6 Å². The zero-order valence-electron chi connectivity index (χ0n) is 15.8. The summed E-state index contributed by atoms with van der Waals surface area (Å²) in [5.41, 5.74) is 1.74. The molecule has 0 unspecified atom stereocenters. The topological polar surface area (TPSA) is 50.8 Å². The van der Waals surface area contributed by atoms with Crippen LogP contribution in [0.3, 0.4) is 0 Å². The minimum absolute atomic E-state index is 0.206. The van der Waals surface area contributed by atoms with Gasteiger partial charge < -0.3 is 14.8 Å². The first kappa shape index (κ1) is 20.0. The first-order valence-electron chi connectivity index (χ1n) is 9.42. The Hall–Kier alpha value is -2.70. The zero-order valence-corrected chi connectivity index (χ0v) is 15.8. The summed E-state index contributed by atoms with van der Waals surface area (Å²) in [4.78, 5) is 14.3. The number of halogens is 1. The van der Waals surface area contributed by atoms with E-state index in [0.717, 1.165) is 49.7 Å². The van der Waals surface area contributed by atoms with Crippen LogP contribution in [0.1, 0.15) is 11.1 Å². The van der Waals surface area contributed by atoms with Gasteiger partial charge in [0.15, 0.2) is 0 Å². The molecule has 0 radical (unpaired) electrons. The number of amides is 1. The molecule has 0 atom stereocenters. The molecule has 1 aliphatic rings. The molecule has 0 aliphatic carbocycles. The van der Waals surface area contributed by atoms with Gasteiger partial charge in [-0.3, -0.25) is 9.69 Å². The van der Waals surface area contributed by atoms with Gasteiger partial charge in [-0.2, -0.15) is 0 Å². The molecular weight excluding hydrogens is 359 g/mol. The summed E-state index contributed by atoms with van der Waals surface area (Å²) in [5.74, 6) is 0.290. The van der Waals surface area contributed by atoms with Crippen LogP contribution >= 0.6 is 0 Å². The minimum atomic E-state index is -0.298. The van der Waals surface area contributed by atoms with Crippen LogP contribution in [0, 0.1) is 5.82 Å². The second kappa shape index (κ2) is 10.6. The van der Waals surface area contributed by atoms with Gasteiger partial charge in [0.25, 0.3) is 0 Å². The standard InChI is InChI=1S/C22H25FN2O3/c23-20-7-4-18(5-8-20)6-9-22(26)24-17-19-2-1-3-21(16-19)28-15-12-25-10-13-27-14-11-25/h1-9,16H,10-15,17H2,(H,24,26)/b9-6+. The second-order valence-corrected chi connectivity index (χ2v) is 6.55. The fourth-order valence-electron chi connectivity index (χ4n) is 2.86. The van der Waals surface area contributed by atoms with E-state index in [-0.39, 0.29) is 11.7 Å². The molecule has 0 bridgehead atoms. The number of carbonyl (C=O) groups excluding carboxylic acids is 1. The van der Waals surface area contributed by atoms with Gasteiger partial charge in [0.1, 0.15) is 18.2 Å². The number of nitrogens with zero attached hydrogens (tertiary/aromatic N) is 1. The molecule has 0 aromatic heterocycles. The maximum absolute atomic E-state index is 12.9. The van der Waals surface area contributed by atoms with Gasteiger partial charge in [-0.15, -0.1) is 0 Å². The monoisotopic (exact) mass is 384 g/mol. The number of ether oxygens (including phenoxy) is 2. The summed E-state index contributed by atoms with van der Waals surface area (Å²) in [6, 6.07) is 13.7. The van der Waals surface area contributed by atoms with Crippen LogP contribution in [-0.4, -0.2) is 50.3 Å². The smallest absolute Gasteiger partial charge is 0.244 e. The number of benzene rings is 2. The first-order valence-corrected chi connectivity index (χ1v) is 9.42. The summed E-state index contributed by atoms with van der Waals surface area (Å²) in [6.07, 6.45) is 3.09. The van der Waals surface area contributed by atoms with Crippen molar-refractivity contribution < 1.29 is 18.7 Å². The molecule has 1 fully saturated rings. The lowest BCUT2D eigenvalue weighted by molar-refractivity contribution is -0.116. The van der Waals surface area contributed by atoms with E-state index in [2.05, 4.69) is 10.2 Å². The summed E-state index contributed by atoms with van der Waals surface area (Å²) in [7, 11) is 0. The Morgan fingerprint density at radius 1 is 1.18 bits per heavy atom. The molecule has 1 amide bonds. The maximum Gasteiger partial charge on any atom is 0.244 e. The van der Waals surface area contributed by atoms with Gasteiger partial charge >= 0.3 is 0 Å². The van der Waals surface area contributed by atoms with E-state index >= 15 is 0 Å². The van der Waals surface area contributed by atoms with Gasteiger partial charge in [0.2, 0.25) is 5.91 Å². The SMILES string of the molecule is O=C(/C=C/c1ccc(F)cc1)NCc1cccc(OCCN2CCOCC2)c1. The van der Waals surface area contributed by atoms with E-state index < -0.39 is 0 Å². The van der Waals surface area contributed by atoms with Gasteiger partial charge in [-0.25, -0.2) is 4.39 Å². The number of hydrogen-bond donors (Lipinski definition) is 1. The Morgan fingerprint density at radius 3 is 2.75 bits per heavy atom. The van der Waals surface area contributed by atoms with Crippen molar-refractivity contribution >= 4 is 12.0 Å². The predicted octanol–water partition coefficient (Wildman–Crippen LogP) is 2.87. The number of carbonyl (C=O) groups is 1. The minimum Gasteiger partial charge on any atom is -0.492 e. The van der Waals surface area contributed by atoms with Crippen molar-refractivity contribution in [2.75, 3.05) is 39.5 Å². The van der Waals surface area contributed by atoms with E-state index in [0.29, 0.717) is 13.2 Å². The highest BCUT2D eigenvalue weighted by molar-refractivity contribution is 5.91. The Kier molecular flexibility index (Phi) is 7.58. The third-order valence-electron chi connectivity index (χ3n) is 4.44. The van der Waals surface area contributed by atoms with Gasteiger partial charge in [0.05, 0.1) is 13.2 Å². The molecule has 28 heavy (non-hydrogen) atoms. The average molecular weight is 384 g/mol. The quantitative estimate of drug-likeness (QED) is 0.711. The number of nitrogens with one attached hydrogen (secondary N) is 1. The van der Waals surface area contributed by atoms with Gasteiger partial charge in [0, 0.05) is 32.3 Å². The van der Waals surface area contributed by atoms with E-state index in [4.69, 9.17) is 9.47 Å². The Labute approximate surface area is 164 Å². The van der Waals surface area contributed by atoms with Crippen molar-refractivity contribution in [2.24, 2.45) is 0 Å². The third-order valence-corrected chi connectivity index (χ3v) is 4.44. The summed E-state index contributed by atoms with van der Waals surface area (Å²) in [6.45, 7) is 5.36. The average Bonchev–Trinajstić information content (AvgIpc) is 2.73. The van der Waals surface area contributed by atoms with E-state index in [1.54, 1.807) is 18.2 Å². The van der Waals surface area contributed by atoms with Crippen LogP contribution < -0.4 is 10.1 Å². The van der Waals surface area contributed by atoms with E-state index in [1.165, 1.54) is 18.2 Å². The lowest BCUT2D eigenvalue weighted by Gasteiger charge is -2.26. The third kappa shape index (κ3) is 6.79. The Balaban J connectivity index is 1.42. The number of morpholine rings is 1. The lowest BCUT2D eigenvalue weighted by Crippen LogP contribution is -2.38. The van der Waals surface area contributed by atoms with Crippen LogP contribution in [0.2, 0.25) is 0 Å². The zero-order chi connectivity index (χ0) is 19.6. The molecule has 0 spiro atoms. The van der Waals surface area contributed by atoms with Crippen LogP contribution in [0.4, 0.5) is 4.39 Å². The highest BCUT2D eigenvalue weighted by atomic mass is 19.1. The molecule has 1 aliphatic heterocycles. The highest BCUT2D eigenvalue weighted by Gasteiger charge is 2.09. The van der Waals surface area contributed by atoms with Crippen LogP contribution in [0.15, 0.2) is 54.6 Å². The summed E-state index contributed by atoms with van der Waals surface area (Å²) >= 11 is 0. The molecule has 2 aromatic carbocycles. The van der Waals surface area contributed by atoms with Gasteiger partial charge in [-0.1, -0.05) is 24.3 Å². The van der Waals surface area contributed by atoms with Crippen LogP contribution in [0.5, 0.6) is 5.75 Å². The summed E-state index contributed by atoms with van der Waals surface area (Å²) in [5, 5.41) is 2.84. The fraction of sp³-hybridized carbons (Fsp3) is 0.318. The molecule has 2 aromatic rings. The maximum atomic E-state index is 12.9. The number of rotatable bonds is 8. The fourth-order valence-corrected chi connectivity index (χ4v) is 2.86. The predicted molar refractivity (Wildman–Crippen MR) is 106 cm³/mol. The van der Waals surface area contributed by atoms with Crippen molar-refractivity contribution in [1.29, 1.82) is 0 Å². The molecule has 1 heterocycles. The van der Waals surface area contributed by atoms with Crippen molar-refractivity contribution in [1.82, 2.24) is 10.2 Å².